The molecular formula is C9H8ClF3N2. The summed E-state index contributed by atoms with van der Waals surface area (Å²) in [4.78, 5) is 5.52. The third-order valence-corrected chi connectivity index (χ3v) is 2.60. The maximum absolute atomic E-state index is 12.2. The Morgan fingerprint density at radius 3 is 2.47 bits per heavy atom. The quantitative estimate of drug-likeness (QED) is 0.745. The number of halogens is 4. The molecule has 1 aromatic heterocycles. The van der Waals surface area contributed by atoms with Crippen LogP contribution in [0.3, 0.4) is 0 Å². The van der Waals surface area contributed by atoms with E-state index in [1.807, 2.05) is 0 Å². The van der Waals surface area contributed by atoms with Crippen molar-refractivity contribution in [3.63, 3.8) is 0 Å². The van der Waals surface area contributed by atoms with Crippen molar-refractivity contribution >= 4 is 17.4 Å². The van der Waals surface area contributed by atoms with Gasteiger partial charge in [0.1, 0.15) is 5.82 Å². The SMILES string of the molecule is FC(F)(F)C1CN(c2ccc(Cl)cn2)C1. The van der Waals surface area contributed by atoms with Gasteiger partial charge >= 0.3 is 6.18 Å². The van der Waals surface area contributed by atoms with E-state index < -0.39 is 12.1 Å². The van der Waals surface area contributed by atoms with E-state index in [2.05, 4.69) is 4.98 Å². The van der Waals surface area contributed by atoms with Crippen molar-refractivity contribution in [1.82, 2.24) is 4.98 Å². The van der Waals surface area contributed by atoms with Gasteiger partial charge in [0, 0.05) is 19.3 Å². The molecule has 6 heteroatoms. The van der Waals surface area contributed by atoms with Crippen molar-refractivity contribution in [2.75, 3.05) is 18.0 Å². The first-order chi connectivity index (χ1) is 6.97. The predicted molar refractivity (Wildman–Crippen MR) is 51.0 cm³/mol. The highest BCUT2D eigenvalue weighted by Gasteiger charge is 2.47. The second-order valence-corrected chi connectivity index (χ2v) is 3.91. The molecule has 1 saturated heterocycles. The van der Waals surface area contributed by atoms with Crippen molar-refractivity contribution in [3.8, 4) is 0 Å². The first-order valence-corrected chi connectivity index (χ1v) is 4.78. The molecule has 0 bridgehead atoms. The van der Waals surface area contributed by atoms with Gasteiger partial charge in [0.05, 0.1) is 10.9 Å². The zero-order valence-electron chi connectivity index (χ0n) is 7.63. The summed E-state index contributed by atoms with van der Waals surface area (Å²) in [6.45, 7) is -0.0315. The van der Waals surface area contributed by atoms with Crippen LogP contribution >= 0.6 is 11.6 Å². The summed E-state index contributed by atoms with van der Waals surface area (Å²) >= 11 is 5.62. The number of hydrogen-bond acceptors (Lipinski definition) is 2. The average molecular weight is 237 g/mol. The summed E-state index contributed by atoms with van der Waals surface area (Å²) in [6.07, 6.45) is -2.67. The summed E-state index contributed by atoms with van der Waals surface area (Å²) in [5, 5.41) is 0.478. The van der Waals surface area contributed by atoms with Crippen LogP contribution in [0.5, 0.6) is 0 Å². The molecule has 1 aliphatic heterocycles. The number of nitrogens with zero attached hydrogens (tertiary/aromatic N) is 2. The van der Waals surface area contributed by atoms with Gasteiger partial charge in [-0.2, -0.15) is 13.2 Å². The molecule has 0 spiro atoms. The van der Waals surface area contributed by atoms with Gasteiger partial charge in [-0.3, -0.25) is 0 Å². The van der Waals surface area contributed by atoms with E-state index in [0.717, 1.165) is 0 Å². The summed E-state index contributed by atoms with van der Waals surface area (Å²) in [5.74, 6) is -0.685. The second kappa shape index (κ2) is 3.56. The fourth-order valence-electron chi connectivity index (χ4n) is 1.43. The molecule has 0 unspecified atom stereocenters. The fraction of sp³-hybridized carbons (Fsp3) is 0.444. The van der Waals surface area contributed by atoms with E-state index in [9.17, 15) is 13.2 Å². The molecule has 1 aromatic rings. The van der Waals surface area contributed by atoms with E-state index in [-0.39, 0.29) is 13.1 Å². The van der Waals surface area contributed by atoms with Crippen LogP contribution < -0.4 is 4.90 Å². The zero-order valence-corrected chi connectivity index (χ0v) is 8.39. The van der Waals surface area contributed by atoms with Crippen LogP contribution in [0.4, 0.5) is 19.0 Å². The van der Waals surface area contributed by atoms with Crippen molar-refractivity contribution in [1.29, 1.82) is 0 Å². The molecule has 0 saturated carbocycles. The number of alkyl halides is 3. The fourth-order valence-corrected chi connectivity index (χ4v) is 1.54. The third-order valence-electron chi connectivity index (χ3n) is 2.38. The molecule has 0 radical (unpaired) electrons. The largest absolute Gasteiger partial charge is 0.395 e. The van der Waals surface area contributed by atoms with Gasteiger partial charge in [-0.1, -0.05) is 11.6 Å². The Bertz CT molecular complexity index is 343. The van der Waals surface area contributed by atoms with Crippen molar-refractivity contribution in [2.45, 2.75) is 6.18 Å². The van der Waals surface area contributed by atoms with Gasteiger partial charge in [-0.05, 0) is 12.1 Å². The monoisotopic (exact) mass is 236 g/mol. The highest BCUT2D eigenvalue weighted by Crippen LogP contribution is 2.35. The maximum Gasteiger partial charge on any atom is 0.395 e. The van der Waals surface area contributed by atoms with E-state index in [1.54, 1.807) is 17.0 Å². The molecule has 2 rings (SSSR count). The third kappa shape index (κ3) is 2.17. The Morgan fingerprint density at radius 1 is 1.33 bits per heavy atom. The lowest BCUT2D eigenvalue weighted by molar-refractivity contribution is -0.180. The molecule has 1 fully saturated rings. The Hall–Kier alpha value is -0.970. The van der Waals surface area contributed by atoms with Crippen LogP contribution in [0.25, 0.3) is 0 Å². The summed E-state index contributed by atoms with van der Waals surface area (Å²) in [6, 6.07) is 3.24. The maximum atomic E-state index is 12.2. The van der Waals surface area contributed by atoms with Gasteiger partial charge in [0.25, 0.3) is 0 Å². The normalized spacial score (nSPS) is 17.7. The van der Waals surface area contributed by atoms with Crippen LogP contribution in [-0.4, -0.2) is 24.2 Å². The highest BCUT2D eigenvalue weighted by atomic mass is 35.5. The summed E-state index contributed by atoms with van der Waals surface area (Å²) < 4.78 is 36.6. The number of aromatic nitrogens is 1. The first-order valence-electron chi connectivity index (χ1n) is 4.40. The van der Waals surface area contributed by atoms with Gasteiger partial charge in [0.15, 0.2) is 0 Å². The Labute approximate surface area is 89.7 Å². The topological polar surface area (TPSA) is 16.1 Å². The average Bonchev–Trinajstić information content (AvgIpc) is 2.03. The lowest BCUT2D eigenvalue weighted by Crippen LogP contribution is -2.53. The Kier molecular flexibility index (Phi) is 2.50. The van der Waals surface area contributed by atoms with Crippen LogP contribution in [0.15, 0.2) is 18.3 Å². The van der Waals surface area contributed by atoms with Crippen LogP contribution in [0, 0.1) is 5.92 Å². The van der Waals surface area contributed by atoms with E-state index in [1.165, 1.54) is 6.20 Å². The minimum atomic E-state index is -4.09. The van der Waals surface area contributed by atoms with Gasteiger partial charge in [-0.15, -0.1) is 0 Å². The van der Waals surface area contributed by atoms with Gasteiger partial charge < -0.3 is 4.90 Å². The number of pyridine rings is 1. The molecule has 82 valence electrons. The van der Waals surface area contributed by atoms with Crippen molar-refractivity contribution in [2.24, 2.45) is 5.92 Å². The molecule has 0 aromatic carbocycles. The van der Waals surface area contributed by atoms with Crippen LogP contribution in [-0.2, 0) is 0 Å². The van der Waals surface area contributed by atoms with Gasteiger partial charge in [0.2, 0.25) is 0 Å². The molecule has 0 atom stereocenters. The smallest absolute Gasteiger partial charge is 0.355 e. The highest BCUT2D eigenvalue weighted by molar-refractivity contribution is 6.30. The molecular weight excluding hydrogens is 229 g/mol. The van der Waals surface area contributed by atoms with E-state index in [0.29, 0.717) is 10.8 Å². The number of rotatable bonds is 1. The lowest BCUT2D eigenvalue weighted by atomic mass is 10.00. The summed E-state index contributed by atoms with van der Waals surface area (Å²) in [7, 11) is 0. The zero-order chi connectivity index (χ0) is 11.1. The standard InChI is InChI=1S/C9H8ClF3N2/c10-7-1-2-8(14-3-7)15-4-6(5-15)9(11,12)13/h1-3,6H,4-5H2. The van der Waals surface area contributed by atoms with Crippen LogP contribution in [0.1, 0.15) is 0 Å². The minimum absolute atomic E-state index is 0.0157. The molecule has 2 nitrogen and oxygen atoms in total. The molecule has 0 aliphatic carbocycles. The molecule has 2 heterocycles. The second-order valence-electron chi connectivity index (χ2n) is 3.48. The molecule has 1 aliphatic rings. The van der Waals surface area contributed by atoms with Crippen LogP contribution in [0.2, 0.25) is 5.02 Å². The predicted octanol–water partition coefficient (Wildman–Crippen LogP) is 2.73. The molecule has 0 amide bonds. The lowest BCUT2D eigenvalue weighted by Gasteiger charge is -2.40. The minimum Gasteiger partial charge on any atom is -0.355 e. The number of anilines is 1. The van der Waals surface area contributed by atoms with Gasteiger partial charge in [-0.25, -0.2) is 4.98 Å². The van der Waals surface area contributed by atoms with Crippen molar-refractivity contribution in [3.05, 3.63) is 23.4 Å². The summed E-state index contributed by atoms with van der Waals surface area (Å²) in [5.41, 5.74) is 0. The number of hydrogen-bond donors (Lipinski definition) is 0. The van der Waals surface area contributed by atoms with Crippen molar-refractivity contribution < 1.29 is 13.2 Å². The Balaban J connectivity index is 1.98. The molecule has 0 N–H and O–H groups in total. The van der Waals surface area contributed by atoms with E-state index >= 15 is 0 Å². The first kappa shape index (κ1) is 10.5. The Morgan fingerprint density at radius 2 is 2.00 bits per heavy atom. The van der Waals surface area contributed by atoms with E-state index in [4.69, 9.17) is 11.6 Å². The molecule has 15 heavy (non-hydrogen) atoms.